The Morgan fingerprint density at radius 3 is 2.27 bits per heavy atom. The fraction of sp³-hybridized carbons (Fsp3) is 0.111. The van der Waals surface area contributed by atoms with Crippen LogP contribution in [0.2, 0.25) is 0 Å². The number of rotatable bonds is 8. The van der Waals surface area contributed by atoms with Gasteiger partial charge in [0, 0.05) is 16.5 Å². The van der Waals surface area contributed by atoms with E-state index in [0.717, 1.165) is 32.1 Å². The monoisotopic (exact) mass is 503 g/mol. The van der Waals surface area contributed by atoms with Crippen LogP contribution in [0.1, 0.15) is 21.5 Å². The fourth-order valence-electron chi connectivity index (χ4n) is 3.49. The number of nitrogens with one attached hydrogen (secondary N) is 1. The van der Waals surface area contributed by atoms with Gasteiger partial charge in [-0.15, -0.1) is 0 Å². The highest BCUT2D eigenvalue weighted by molar-refractivity contribution is 9.10. The molecule has 1 unspecified atom stereocenters. The molecule has 4 aromatic rings. The first-order chi connectivity index (χ1) is 16.0. The number of hydrogen-bond donors (Lipinski definition) is 2. The van der Waals surface area contributed by atoms with Crippen LogP contribution in [0.25, 0.3) is 10.8 Å². The molecule has 0 saturated heterocycles. The molecule has 1 atom stereocenters. The van der Waals surface area contributed by atoms with Crippen molar-refractivity contribution in [2.45, 2.75) is 19.1 Å². The van der Waals surface area contributed by atoms with E-state index in [-0.39, 0.29) is 6.42 Å². The number of ether oxygens (including phenoxy) is 1. The maximum atomic E-state index is 12.8. The predicted octanol–water partition coefficient (Wildman–Crippen LogP) is 5.61. The van der Waals surface area contributed by atoms with Gasteiger partial charge in [-0.2, -0.15) is 0 Å². The molecule has 2 N–H and O–H groups in total. The number of halogens is 1. The first-order valence-electron chi connectivity index (χ1n) is 10.5. The van der Waals surface area contributed by atoms with Crippen molar-refractivity contribution < 1.29 is 19.4 Å². The highest BCUT2D eigenvalue weighted by atomic mass is 79.9. The second kappa shape index (κ2) is 10.3. The minimum absolute atomic E-state index is 0.198. The Kier molecular flexibility index (Phi) is 7.05. The molecule has 0 aliphatic carbocycles. The fourth-order valence-corrected chi connectivity index (χ4v) is 3.76. The SMILES string of the molecule is O=C(NC(Cc1ccc(Br)cc1)C(=O)O)c1ccc2cc(OCc3ccccc3)ccc2c1. The molecule has 0 aliphatic heterocycles. The van der Waals surface area contributed by atoms with Crippen LogP contribution in [-0.2, 0) is 17.8 Å². The number of benzene rings is 4. The van der Waals surface area contributed by atoms with Crippen molar-refractivity contribution in [3.8, 4) is 5.75 Å². The van der Waals surface area contributed by atoms with Gasteiger partial charge in [0.1, 0.15) is 18.4 Å². The van der Waals surface area contributed by atoms with Crippen LogP contribution in [-0.4, -0.2) is 23.0 Å². The number of carbonyl (C=O) groups is 2. The maximum Gasteiger partial charge on any atom is 0.326 e. The van der Waals surface area contributed by atoms with E-state index in [1.165, 1.54) is 0 Å². The van der Waals surface area contributed by atoms with Crippen molar-refractivity contribution in [2.75, 3.05) is 0 Å². The summed E-state index contributed by atoms with van der Waals surface area (Å²) in [5, 5.41) is 14.0. The average molecular weight is 504 g/mol. The largest absolute Gasteiger partial charge is 0.489 e. The van der Waals surface area contributed by atoms with Crippen molar-refractivity contribution in [2.24, 2.45) is 0 Å². The van der Waals surface area contributed by atoms with Gasteiger partial charge in [-0.1, -0.05) is 70.5 Å². The standard InChI is InChI=1S/C27H22BrNO4/c28-23-11-6-18(7-12-23)14-25(27(31)32)29-26(30)22-9-8-21-16-24(13-10-20(21)15-22)33-17-19-4-2-1-3-5-19/h1-13,15-16,25H,14,17H2,(H,29,30)(H,31,32). The Morgan fingerprint density at radius 1 is 0.848 bits per heavy atom. The molecule has 0 spiro atoms. The van der Waals surface area contributed by atoms with Crippen LogP contribution in [0.5, 0.6) is 5.75 Å². The lowest BCUT2D eigenvalue weighted by Crippen LogP contribution is -2.42. The normalized spacial score (nSPS) is 11.7. The molecule has 4 rings (SSSR count). The molecule has 4 aromatic carbocycles. The van der Waals surface area contributed by atoms with Crippen LogP contribution in [0.15, 0.2) is 95.5 Å². The number of hydrogen-bond acceptors (Lipinski definition) is 3. The lowest BCUT2D eigenvalue weighted by Gasteiger charge is -2.15. The number of amides is 1. The second-order valence-electron chi connectivity index (χ2n) is 7.69. The van der Waals surface area contributed by atoms with Crippen molar-refractivity contribution in [3.05, 3.63) is 112 Å². The highest BCUT2D eigenvalue weighted by Crippen LogP contribution is 2.23. The van der Waals surface area contributed by atoms with Gasteiger partial charge in [-0.05, 0) is 58.3 Å². The number of carboxylic acid groups (broad SMARTS) is 1. The molecule has 1 amide bonds. The van der Waals surface area contributed by atoms with Crippen molar-refractivity contribution in [1.29, 1.82) is 0 Å². The maximum absolute atomic E-state index is 12.8. The summed E-state index contributed by atoms with van der Waals surface area (Å²) in [6.45, 7) is 0.474. The predicted molar refractivity (Wildman–Crippen MR) is 131 cm³/mol. The Labute approximate surface area is 200 Å². The quantitative estimate of drug-likeness (QED) is 0.327. The molecular weight excluding hydrogens is 482 g/mol. The Bertz CT molecular complexity index is 1270. The van der Waals surface area contributed by atoms with E-state index in [0.29, 0.717) is 12.2 Å². The van der Waals surface area contributed by atoms with Gasteiger partial charge < -0.3 is 15.2 Å². The van der Waals surface area contributed by atoms with E-state index in [4.69, 9.17) is 4.74 Å². The molecule has 5 nitrogen and oxygen atoms in total. The summed E-state index contributed by atoms with van der Waals surface area (Å²) in [4.78, 5) is 24.5. The average Bonchev–Trinajstić information content (AvgIpc) is 2.83. The number of carboxylic acids is 1. The number of carbonyl (C=O) groups excluding carboxylic acids is 1. The summed E-state index contributed by atoms with van der Waals surface area (Å²) in [6, 6.07) is 27.2. The Hall–Kier alpha value is -3.64. The van der Waals surface area contributed by atoms with Gasteiger partial charge in [0.2, 0.25) is 0 Å². The van der Waals surface area contributed by atoms with Gasteiger partial charge in [0.25, 0.3) is 5.91 Å². The van der Waals surface area contributed by atoms with Gasteiger partial charge in [-0.3, -0.25) is 4.79 Å². The Balaban J connectivity index is 1.44. The third-order valence-electron chi connectivity index (χ3n) is 5.28. The molecule has 33 heavy (non-hydrogen) atoms. The molecule has 0 fully saturated rings. The Morgan fingerprint density at radius 2 is 1.55 bits per heavy atom. The van der Waals surface area contributed by atoms with Crippen LogP contribution in [0.4, 0.5) is 0 Å². The van der Waals surface area contributed by atoms with E-state index < -0.39 is 17.9 Å². The zero-order valence-corrected chi connectivity index (χ0v) is 19.3. The zero-order valence-electron chi connectivity index (χ0n) is 17.7. The molecule has 6 heteroatoms. The van der Waals surface area contributed by atoms with Crippen molar-refractivity contribution in [1.82, 2.24) is 5.32 Å². The summed E-state index contributed by atoms with van der Waals surface area (Å²) < 4.78 is 6.78. The zero-order chi connectivity index (χ0) is 23.2. The van der Waals surface area contributed by atoms with Gasteiger partial charge >= 0.3 is 5.97 Å². The summed E-state index contributed by atoms with van der Waals surface area (Å²) >= 11 is 3.36. The van der Waals surface area contributed by atoms with E-state index >= 15 is 0 Å². The molecule has 0 bridgehead atoms. The van der Waals surface area contributed by atoms with Crippen LogP contribution >= 0.6 is 15.9 Å². The van der Waals surface area contributed by atoms with E-state index in [1.54, 1.807) is 12.1 Å². The minimum Gasteiger partial charge on any atom is -0.489 e. The summed E-state index contributed by atoms with van der Waals surface area (Å²) in [6.07, 6.45) is 0.198. The minimum atomic E-state index is -1.08. The van der Waals surface area contributed by atoms with Crippen LogP contribution < -0.4 is 10.1 Å². The van der Waals surface area contributed by atoms with Crippen molar-refractivity contribution in [3.63, 3.8) is 0 Å². The van der Waals surface area contributed by atoms with E-state index in [2.05, 4.69) is 21.2 Å². The molecule has 0 heterocycles. The summed E-state index contributed by atoms with van der Waals surface area (Å²) in [5.41, 5.74) is 2.32. The first-order valence-corrected chi connectivity index (χ1v) is 11.3. The van der Waals surface area contributed by atoms with E-state index in [1.807, 2.05) is 78.9 Å². The molecular formula is C27H22BrNO4. The molecule has 0 aliphatic rings. The van der Waals surface area contributed by atoms with Gasteiger partial charge in [0.15, 0.2) is 0 Å². The van der Waals surface area contributed by atoms with Crippen molar-refractivity contribution >= 4 is 38.6 Å². The summed E-state index contributed by atoms with van der Waals surface area (Å²) in [5.74, 6) is -0.762. The van der Waals surface area contributed by atoms with Crippen LogP contribution in [0, 0.1) is 0 Å². The van der Waals surface area contributed by atoms with Gasteiger partial charge in [0.05, 0.1) is 0 Å². The molecule has 0 aromatic heterocycles. The third-order valence-corrected chi connectivity index (χ3v) is 5.81. The highest BCUT2D eigenvalue weighted by Gasteiger charge is 2.21. The topological polar surface area (TPSA) is 75.6 Å². The molecule has 166 valence electrons. The third kappa shape index (κ3) is 5.99. The second-order valence-corrected chi connectivity index (χ2v) is 8.61. The molecule has 0 radical (unpaired) electrons. The first kappa shape index (κ1) is 22.6. The number of fused-ring (bicyclic) bond motifs is 1. The smallest absolute Gasteiger partial charge is 0.326 e. The summed E-state index contributed by atoms with van der Waals surface area (Å²) in [7, 11) is 0. The van der Waals surface area contributed by atoms with E-state index in [9.17, 15) is 14.7 Å². The lowest BCUT2D eigenvalue weighted by atomic mass is 10.0. The van der Waals surface area contributed by atoms with Gasteiger partial charge in [-0.25, -0.2) is 4.79 Å². The molecule has 0 saturated carbocycles. The lowest BCUT2D eigenvalue weighted by molar-refractivity contribution is -0.139. The van der Waals surface area contributed by atoms with Crippen LogP contribution in [0.3, 0.4) is 0 Å². The number of aliphatic carboxylic acids is 1.